The Morgan fingerprint density at radius 3 is 2.85 bits per heavy atom. The Labute approximate surface area is 113 Å². The number of fused-ring (bicyclic) bond motifs is 1. The van der Waals surface area contributed by atoms with E-state index >= 15 is 0 Å². The second kappa shape index (κ2) is 4.97. The largest absolute Gasteiger partial charge is 0.464 e. The van der Waals surface area contributed by atoms with Gasteiger partial charge in [-0.2, -0.15) is 0 Å². The molecule has 0 saturated carbocycles. The predicted molar refractivity (Wildman–Crippen MR) is 74.7 cm³/mol. The number of aromatic nitrogens is 1. The van der Waals surface area contributed by atoms with Gasteiger partial charge in [0, 0.05) is 18.0 Å². The van der Waals surface area contributed by atoms with Gasteiger partial charge in [-0.1, -0.05) is 6.07 Å². The van der Waals surface area contributed by atoms with Crippen LogP contribution in [0.2, 0.25) is 0 Å². The van der Waals surface area contributed by atoms with Crippen LogP contribution in [0.15, 0.2) is 64.1 Å². The van der Waals surface area contributed by atoms with E-state index in [2.05, 4.69) is 10.3 Å². The fraction of sp³-hybridized carbons (Fsp3) is 0. The van der Waals surface area contributed by atoms with Crippen LogP contribution in [0.1, 0.15) is 10.5 Å². The molecule has 0 radical (unpaired) electrons. The Bertz CT molecular complexity index is 825. The van der Waals surface area contributed by atoms with E-state index in [1.165, 1.54) is 12.3 Å². The van der Waals surface area contributed by atoms with Crippen LogP contribution < -0.4 is 10.7 Å². The maximum atomic E-state index is 12.0. The van der Waals surface area contributed by atoms with Crippen LogP contribution in [0.3, 0.4) is 0 Å². The molecule has 0 spiro atoms. The number of benzene rings is 1. The summed E-state index contributed by atoms with van der Waals surface area (Å²) in [6, 6.07) is 11.3. The lowest BCUT2D eigenvalue weighted by atomic mass is 10.2. The molecule has 3 rings (SSSR count). The van der Waals surface area contributed by atoms with Gasteiger partial charge in [0.2, 0.25) is 0 Å². The first-order valence-electron chi connectivity index (χ1n) is 5.98. The molecule has 2 heterocycles. The van der Waals surface area contributed by atoms with Gasteiger partial charge in [0.15, 0.2) is 5.43 Å². The number of amides is 1. The lowest BCUT2D eigenvalue weighted by molar-refractivity contribution is 0.102. The molecule has 0 aliphatic heterocycles. The van der Waals surface area contributed by atoms with Gasteiger partial charge in [0.1, 0.15) is 11.3 Å². The highest BCUT2D eigenvalue weighted by atomic mass is 16.3. The Hall–Kier alpha value is -2.95. The van der Waals surface area contributed by atoms with Crippen molar-refractivity contribution < 1.29 is 9.21 Å². The van der Waals surface area contributed by atoms with Crippen molar-refractivity contribution in [3.05, 3.63) is 70.8 Å². The molecule has 3 aromatic rings. The molecule has 1 N–H and O–H groups in total. The van der Waals surface area contributed by atoms with E-state index in [0.717, 1.165) is 0 Å². The fourth-order valence-corrected chi connectivity index (χ4v) is 1.85. The summed E-state index contributed by atoms with van der Waals surface area (Å²) in [5, 5.41) is 3.12. The molecule has 0 unspecified atom stereocenters. The zero-order valence-corrected chi connectivity index (χ0v) is 10.4. The highest BCUT2D eigenvalue weighted by molar-refractivity contribution is 6.03. The number of carbonyl (C=O) groups excluding carboxylic acids is 1. The molecule has 98 valence electrons. The van der Waals surface area contributed by atoms with E-state index in [0.29, 0.717) is 22.4 Å². The third-order valence-electron chi connectivity index (χ3n) is 2.81. The Kier molecular flexibility index (Phi) is 3.01. The summed E-state index contributed by atoms with van der Waals surface area (Å²) >= 11 is 0. The molecular formula is C15H10N2O3. The molecule has 0 saturated heterocycles. The van der Waals surface area contributed by atoms with Crippen molar-refractivity contribution in [2.75, 3.05) is 5.32 Å². The Balaban J connectivity index is 1.94. The lowest BCUT2D eigenvalue weighted by Crippen LogP contribution is -2.13. The SMILES string of the molecule is O=C(Nc1ccc2occc(=O)c2c1)c1ccccn1. The Morgan fingerprint density at radius 1 is 1.15 bits per heavy atom. The topological polar surface area (TPSA) is 72.2 Å². The molecule has 0 aliphatic rings. The van der Waals surface area contributed by atoms with Gasteiger partial charge in [-0.05, 0) is 30.3 Å². The number of rotatable bonds is 2. The molecule has 0 bridgehead atoms. The van der Waals surface area contributed by atoms with Gasteiger partial charge < -0.3 is 9.73 Å². The second-order valence-corrected chi connectivity index (χ2v) is 4.16. The predicted octanol–water partition coefficient (Wildman–Crippen LogP) is 2.44. The van der Waals surface area contributed by atoms with E-state index < -0.39 is 0 Å². The molecule has 0 atom stereocenters. The number of nitrogens with one attached hydrogen (secondary N) is 1. The maximum Gasteiger partial charge on any atom is 0.274 e. The minimum Gasteiger partial charge on any atom is -0.464 e. The van der Waals surface area contributed by atoms with Crippen molar-refractivity contribution in [2.24, 2.45) is 0 Å². The third kappa shape index (κ3) is 2.29. The van der Waals surface area contributed by atoms with Crippen molar-refractivity contribution in [2.45, 2.75) is 0 Å². The number of nitrogens with zero attached hydrogens (tertiary/aromatic N) is 1. The number of hydrogen-bond donors (Lipinski definition) is 1. The first kappa shape index (κ1) is 12.1. The summed E-state index contributed by atoms with van der Waals surface area (Å²) in [4.78, 5) is 27.6. The second-order valence-electron chi connectivity index (χ2n) is 4.16. The molecule has 5 heteroatoms. The summed E-state index contributed by atoms with van der Waals surface area (Å²) < 4.78 is 5.21. The average molecular weight is 266 g/mol. The first-order valence-corrected chi connectivity index (χ1v) is 5.98. The van der Waals surface area contributed by atoms with E-state index in [4.69, 9.17) is 4.42 Å². The summed E-state index contributed by atoms with van der Waals surface area (Å²) in [7, 11) is 0. The minimum absolute atomic E-state index is 0.153. The molecular weight excluding hydrogens is 256 g/mol. The normalized spacial score (nSPS) is 10.4. The number of anilines is 1. The summed E-state index contributed by atoms with van der Waals surface area (Å²) in [5.74, 6) is -0.328. The summed E-state index contributed by atoms with van der Waals surface area (Å²) in [6.07, 6.45) is 2.89. The van der Waals surface area contributed by atoms with Crippen LogP contribution in [-0.2, 0) is 0 Å². The van der Waals surface area contributed by atoms with Crippen LogP contribution in [0, 0.1) is 0 Å². The molecule has 1 aromatic carbocycles. The number of hydrogen-bond acceptors (Lipinski definition) is 4. The standard InChI is InChI=1S/C15H10N2O3/c18-13-6-8-20-14-5-4-10(9-11(13)14)17-15(19)12-3-1-2-7-16-12/h1-9H,(H,17,19). The van der Waals surface area contributed by atoms with Gasteiger partial charge >= 0.3 is 0 Å². The molecule has 1 amide bonds. The zero-order chi connectivity index (χ0) is 13.9. The van der Waals surface area contributed by atoms with Crippen LogP contribution in [0.4, 0.5) is 5.69 Å². The summed E-state index contributed by atoms with van der Waals surface area (Å²) in [6.45, 7) is 0. The number of carbonyl (C=O) groups is 1. The number of pyridine rings is 1. The zero-order valence-electron chi connectivity index (χ0n) is 10.4. The van der Waals surface area contributed by atoms with E-state index in [-0.39, 0.29) is 11.3 Å². The van der Waals surface area contributed by atoms with E-state index in [9.17, 15) is 9.59 Å². The molecule has 0 fully saturated rings. The van der Waals surface area contributed by atoms with Gasteiger partial charge in [-0.3, -0.25) is 14.6 Å². The van der Waals surface area contributed by atoms with Gasteiger partial charge in [0.05, 0.1) is 11.6 Å². The van der Waals surface area contributed by atoms with Gasteiger partial charge in [-0.15, -0.1) is 0 Å². The summed E-state index contributed by atoms with van der Waals surface area (Å²) in [5.41, 5.74) is 1.16. The van der Waals surface area contributed by atoms with Crippen molar-refractivity contribution in [1.82, 2.24) is 4.98 Å². The van der Waals surface area contributed by atoms with Crippen molar-refractivity contribution in [1.29, 1.82) is 0 Å². The van der Waals surface area contributed by atoms with Gasteiger partial charge in [0.25, 0.3) is 5.91 Å². The molecule has 0 aliphatic carbocycles. The fourth-order valence-electron chi connectivity index (χ4n) is 1.85. The highest BCUT2D eigenvalue weighted by Crippen LogP contribution is 2.16. The smallest absolute Gasteiger partial charge is 0.274 e. The Morgan fingerprint density at radius 2 is 2.05 bits per heavy atom. The van der Waals surface area contributed by atoms with Crippen LogP contribution in [0.25, 0.3) is 11.0 Å². The van der Waals surface area contributed by atoms with Crippen LogP contribution in [-0.4, -0.2) is 10.9 Å². The lowest BCUT2D eigenvalue weighted by Gasteiger charge is -2.05. The van der Waals surface area contributed by atoms with Crippen LogP contribution >= 0.6 is 0 Å². The molecule has 5 nitrogen and oxygen atoms in total. The van der Waals surface area contributed by atoms with Crippen molar-refractivity contribution in [3.63, 3.8) is 0 Å². The van der Waals surface area contributed by atoms with Crippen molar-refractivity contribution in [3.8, 4) is 0 Å². The minimum atomic E-state index is -0.328. The maximum absolute atomic E-state index is 12.0. The van der Waals surface area contributed by atoms with Gasteiger partial charge in [-0.25, -0.2) is 0 Å². The van der Waals surface area contributed by atoms with Crippen molar-refractivity contribution >= 4 is 22.6 Å². The average Bonchev–Trinajstić information content (AvgIpc) is 2.49. The van der Waals surface area contributed by atoms with E-state index in [1.807, 2.05) is 0 Å². The first-order chi connectivity index (χ1) is 9.74. The third-order valence-corrected chi connectivity index (χ3v) is 2.81. The quantitative estimate of drug-likeness (QED) is 0.773. The van der Waals surface area contributed by atoms with Crippen LogP contribution in [0.5, 0.6) is 0 Å². The van der Waals surface area contributed by atoms with E-state index in [1.54, 1.807) is 42.6 Å². The monoisotopic (exact) mass is 266 g/mol. The molecule has 2 aromatic heterocycles. The molecule has 20 heavy (non-hydrogen) atoms. The highest BCUT2D eigenvalue weighted by Gasteiger charge is 2.08.